The number of fused-ring (bicyclic) bond motifs is 7. The van der Waals surface area contributed by atoms with E-state index in [1.54, 1.807) is 4.57 Å². The Kier molecular flexibility index (Phi) is 2.85. The first-order valence-corrected chi connectivity index (χ1v) is 9.89. The van der Waals surface area contributed by atoms with Gasteiger partial charge in [0.2, 0.25) is 6.79 Å². The summed E-state index contributed by atoms with van der Waals surface area (Å²) in [6, 6.07) is 7.69. The molecule has 1 fully saturated rings. The molecule has 0 N–H and O–H groups in total. The van der Waals surface area contributed by atoms with Crippen LogP contribution in [0.1, 0.15) is 30.0 Å². The van der Waals surface area contributed by atoms with Crippen molar-refractivity contribution in [3.8, 4) is 22.9 Å². The lowest BCUT2D eigenvalue weighted by molar-refractivity contribution is -0.234. The Morgan fingerprint density at radius 3 is 2.70 bits per heavy atom. The highest BCUT2D eigenvalue weighted by Gasteiger charge is 2.56. The predicted octanol–water partition coefficient (Wildman–Crippen LogP) is 2.21. The largest absolute Gasteiger partial charge is 0.458 e. The monoisotopic (exact) mass is 404 g/mol. The molecule has 8 nitrogen and oxygen atoms in total. The summed E-state index contributed by atoms with van der Waals surface area (Å²) in [7, 11) is 0. The number of rotatable bonds is 0. The molecular weight excluding hydrogens is 388 g/mol. The third-order valence-electron chi connectivity index (χ3n) is 6.45. The van der Waals surface area contributed by atoms with Crippen LogP contribution in [-0.4, -0.2) is 28.4 Å². The molecule has 1 spiro atoms. The first-order chi connectivity index (χ1) is 14.5. The van der Waals surface area contributed by atoms with Crippen LogP contribution in [0.5, 0.6) is 11.5 Å². The van der Waals surface area contributed by atoms with E-state index in [0.29, 0.717) is 41.3 Å². The Bertz CT molecular complexity index is 1370. The minimum atomic E-state index is -1.17. The molecule has 0 bridgehead atoms. The number of esters is 1. The summed E-state index contributed by atoms with van der Waals surface area (Å²) in [6.07, 6.45) is 0.446. The molecule has 1 saturated heterocycles. The lowest BCUT2D eigenvalue weighted by Gasteiger charge is -2.47. The van der Waals surface area contributed by atoms with Crippen molar-refractivity contribution in [1.29, 1.82) is 0 Å². The molecule has 4 aliphatic heterocycles. The van der Waals surface area contributed by atoms with Crippen LogP contribution in [-0.2, 0) is 33.0 Å². The lowest BCUT2D eigenvalue weighted by Crippen LogP contribution is -2.56. The molecule has 0 saturated carbocycles. The van der Waals surface area contributed by atoms with Crippen molar-refractivity contribution in [2.45, 2.75) is 38.2 Å². The minimum absolute atomic E-state index is 0.0279. The van der Waals surface area contributed by atoms with E-state index in [2.05, 4.69) is 0 Å². The zero-order valence-electron chi connectivity index (χ0n) is 16.1. The third-order valence-corrected chi connectivity index (χ3v) is 6.45. The van der Waals surface area contributed by atoms with E-state index in [4.69, 9.17) is 23.9 Å². The van der Waals surface area contributed by atoms with E-state index < -0.39 is 11.6 Å². The van der Waals surface area contributed by atoms with E-state index >= 15 is 0 Å². The van der Waals surface area contributed by atoms with Gasteiger partial charge in [-0.05, 0) is 25.1 Å². The lowest BCUT2D eigenvalue weighted by atomic mass is 9.79. The summed E-state index contributed by atoms with van der Waals surface area (Å²) in [5, 5.41) is 0.926. The first kappa shape index (κ1) is 16.4. The van der Waals surface area contributed by atoms with Gasteiger partial charge in [0.15, 0.2) is 17.1 Å². The van der Waals surface area contributed by atoms with Crippen molar-refractivity contribution in [1.82, 2.24) is 9.55 Å². The number of pyridine rings is 2. The molecule has 1 unspecified atom stereocenters. The van der Waals surface area contributed by atoms with Crippen LogP contribution in [0.2, 0.25) is 0 Å². The quantitative estimate of drug-likeness (QED) is 0.415. The maximum absolute atomic E-state index is 13.3. The fraction of sp³-hybridized carbons (Fsp3) is 0.318. The van der Waals surface area contributed by atoms with Gasteiger partial charge in [0.25, 0.3) is 5.56 Å². The molecule has 1 aromatic carbocycles. The number of cyclic esters (lactones) is 1. The van der Waals surface area contributed by atoms with Crippen molar-refractivity contribution < 1.29 is 23.7 Å². The molecule has 8 heteroatoms. The van der Waals surface area contributed by atoms with Gasteiger partial charge in [0.1, 0.15) is 6.61 Å². The summed E-state index contributed by atoms with van der Waals surface area (Å²) in [4.78, 5) is 30.7. The summed E-state index contributed by atoms with van der Waals surface area (Å²) >= 11 is 0. The Hall–Kier alpha value is -3.39. The highest BCUT2D eigenvalue weighted by molar-refractivity contribution is 5.88. The van der Waals surface area contributed by atoms with Gasteiger partial charge in [0, 0.05) is 29.0 Å². The highest BCUT2D eigenvalue weighted by atomic mass is 16.7. The third kappa shape index (κ3) is 1.87. The molecule has 0 radical (unpaired) electrons. The molecular formula is C22H16N2O6. The van der Waals surface area contributed by atoms with Crippen LogP contribution in [0.25, 0.3) is 22.3 Å². The number of hydrogen-bond donors (Lipinski definition) is 0. The van der Waals surface area contributed by atoms with Gasteiger partial charge < -0.3 is 23.5 Å². The van der Waals surface area contributed by atoms with Gasteiger partial charge in [-0.15, -0.1) is 0 Å². The predicted molar refractivity (Wildman–Crippen MR) is 103 cm³/mol. The molecule has 0 amide bonds. The molecule has 3 aromatic rings. The summed E-state index contributed by atoms with van der Waals surface area (Å²) in [5.41, 5.74) is 2.93. The van der Waals surface area contributed by atoms with E-state index in [9.17, 15) is 9.59 Å². The molecule has 150 valence electrons. The fourth-order valence-corrected chi connectivity index (χ4v) is 5.07. The van der Waals surface area contributed by atoms with Gasteiger partial charge in [-0.3, -0.25) is 4.79 Å². The van der Waals surface area contributed by atoms with E-state index in [0.717, 1.165) is 22.2 Å². The van der Waals surface area contributed by atoms with Crippen molar-refractivity contribution >= 4 is 16.9 Å². The topological polar surface area (TPSA) is 88.9 Å². The zero-order valence-corrected chi connectivity index (χ0v) is 16.1. The van der Waals surface area contributed by atoms with Crippen LogP contribution in [0.15, 0.2) is 29.1 Å². The summed E-state index contributed by atoms with van der Waals surface area (Å²) < 4.78 is 23.8. The Labute approximate surface area is 169 Å². The molecule has 6 heterocycles. The second-order valence-electron chi connectivity index (χ2n) is 8.24. The molecule has 30 heavy (non-hydrogen) atoms. The van der Waals surface area contributed by atoms with Crippen molar-refractivity contribution in [3.63, 3.8) is 0 Å². The van der Waals surface area contributed by atoms with Crippen LogP contribution < -0.4 is 15.0 Å². The molecule has 4 aliphatic rings. The minimum Gasteiger partial charge on any atom is -0.458 e. The normalized spacial score (nSPS) is 25.0. The van der Waals surface area contributed by atoms with Gasteiger partial charge in [0.05, 0.1) is 35.1 Å². The summed E-state index contributed by atoms with van der Waals surface area (Å²) in [5.74, 6) is 0.936. The molecule has 2 aromatic heterocycles. The van der Waals surface area contributed by atoms with Gasteiger partial charge in [-0.1, -0.05) is 0 Å². The number of nitrogens with zero attached hydrogens (tertiary/aromatic N) is 2. The zero-order chi connectivity index (χ0) is 20.2. The average molecular weight is 404 g/mol. The number of carbonyl (C=O) groups is 1. The SMILES string of the molecule is CC1C[C@@]2(O1)C(=O)OCc1c2cc2n(c1=O)Cc1cc3cc4c(cc3nc1-2)OCO4. The Morgan fingerprint density at radius 1 is 1.10 bits per heavy atom. The second kappa shape index (κ2) is 5.20. The number of ether oxygens (including phenoxy) is 4. The number of carbonyl (C=O) groups excluding carboxylic acids is 1. The second-order valence-corrected chi connectivity index (χ2v) is 8.24. The summed E-state index contributed by atoms with van der Waals surface area (Å²) in [6.45, 7) is 2.50. The van der Waals surface area contributed by atoms with Crippen molar-refractivity contribution in [3.05, 3.63) is 51.3 Å². The fourth-order valence-electron chi connectivity index (χ4n) is 5.07. The van der Waals surface area contributed by atoms with Gasteiger partial charge in [-0.25, -0.2) is 9.78 Å². The van der Waals surface area contributed by atoms with Crippen molar-refractivity contribution in [2.75, 3.05) is 6.79 Å². The molecule has 0 aliphatic carbocycles. The molecule has 2 atom stereocenters. The maximum atomic E-state index is 13.3. The Balaban J connectivity index is 1.46. The van der Waals surface area contributed by atoms with Crippen LogP contribution in [0.3, 0.4) is 0 Å². The van der Waals surface area contributed by atoms with E-state index in [-0.39, 0.29) is 25.1 Å². The Morgan fingerprint density at radius 2 is 1.90 bits per heavy atom. The maximum Gasteiger partial charge on any atom is 0.343 e. The van der Waals surface area contributed by atoms with Crippen molar-refractivity contribution in [2.24, 2.45) is 0 Å². The molecule has 7 rings (SSSR count). The first-order valence-electron chi connectivity index (χ1n) is 9.89. The van der Waals surface area contributed by atoms with Crippen LogP contribution in [0, 0.1) is 0 Å². The van der Waals surface area contributed by atoms with E-state index in [1.807, 2.05) is 31.2 Å². The average Bonchev–Trinajstić information content (AvgIpc) is 3.30. The highest BCUT2D eigenvalue weighted by Crippen LogP contribution is 2.48. The number of aromatic nitrogens is 2. The standard InChI is InChI=1S/C22H16N2O6/c1-10-6-22(30-10)14-4-16-19-12(7-24(16)20(25)13(14)8-27-21(22)26)2-11-3-17-18(29-9-28-17)5-15(11)23-19/h2-5,10H,6-9H2,1H3/t10?,22-/m0/s1. The van der Waals surface area contributed by atoms with Gasteiger partial charge in [-0.2, -0.15) is 0 Å². The van der Waals surface area contributed by atoms with Crippen LogP contribution in [0.4, 0.5) is 0 Å². The van der Waals surface area contributed by atoms with Gasteiger partial charge >= 0.3 is 5.97 Å². The van der Waals surface area contributed by atoms with E-state index in [1.165, 1.54) is 0 Å². The van der Waals surface area contributed by atoms with Crippen LogP contribution >= 0.6 is 0 Å². The number of hydrogen-bond acceptors (Lipinski definition) is 7. The number of benzene rings is 1. The smallest absolute Gasteiger partial charge is 0.343 e.